The Kier molecular flexibility index (Phi) is 7.30. The molecule has 7 heteroatoms. The first kappa shape index (κ1) is 20.9. The second kappa shape index (κ2) is 10.1. The van der Waals surface area contributed by atoms with Crippen molar-refractivity contribution in [1.29, 1.82) is 0 Å². The van der Waals surface area contributed by atoms with Gasteiger partial charge in [0.05, 0.1) is 14.2 Å². The molecule has 1 aromatic carbocycles. The fourth-order valence-electron chi connectivity index (χ4n) is 3.28. The molecule has 0 spiro atoms. The number of nitrogens with one attached hydrogen (secondary N) is 1. The molecule has 1 saturated heterocycles. The van der Waals surface area contributed by atoms with Crippen molar-refractivity contribution in [1.82, 2.24) is 10.2 Å². The van der Waals surface area contributed by atoms with E-state index in [9.17, 15) is 9.59 Å². The van der Waals surface area contributed by atoms with E-state index in [1.807, 2.05) is 22.4 Å². The summed E-state index contributed by atoms with van der Waals surface area (Å²) >= 11 is 1.52. The number of hydrogen-bond acceptors (Lipinski definition) is 5. The van der Waals surface area contributed by atoms with Crippen LogP contribution in [-0.4, -0.2) is 44.0 Å². The lowest BCUT2D eigenvalue weighted by atomic mass is 10.1. The van der Waals surface area contributed by atoms with Gasteiger partial charge in [0.1, 0.15) is 5.70 Å². The van der Waals surface area contributed by atoms with Gasteiger partial charge < -0.3 is 19.7 Å². The van der Waals surface area contributed by atoms with Crippen LogP contribution in [0.2, 0.25) is 0 Å². The standard InChI is InChI=1S/C22H26N2O4S/c1-27-19-10-9-16(14-20(19)28-2)21(25)23-18(15-17-8-7-13-29-17)22(26)24-11-5-3-4-6-12-24/h7-10,13-15H,3-6,11-12H2,1-2H3,(H,23,25)/b18-15+. The number of methoxy groups -OCH3 is 2. The van der Waals surface area contributed by atoms with Crippen LogP contribution >= 0.6 is 11.3 Å². The number of benzene rings is 1. The van der Waals surface area contributed by atoms with Crippen LogP contribution in [0.25, 0.3) is 6.08 Å². The van der Waals surface area contributed by atoms with E-state index in [1.54, 1.807) is 31.4 Å². The molecule has 1 aliphatic heterocycles. The fraction of sp³-hybridized carbons (Fsp3) is 0.364. The molecule has 1 fully saturated rings. The van der Waals surface area contributed by atoms with Gasteiger partial charge in [0.2, 0.25) is 0 Å². The third kappa shape index (κ3) is 5.38. The minimum Gasteiger partial charge on any atom is -0.493 e. The minimum absolute atomic E-state index is 0.144. The monoisotopic (exact) mass is 414 g/mol. The Balaban J connectivity index is 1.85. The number of amides is 2. The third-order valence-corrected chi connectivity index (χ3v) is 5.67. The van der Waals surface area contributed by atoms with E-state index in [2.05, 4.69) is 5.32 Å². The van der Waals surface area contributed by atoms with E-state index in [-0.39, 0.29) is 17.5 Å². The molecule has 2 amide bonds. The Hall–Kier alpha value is -2.80. The molecular weight excluding hydrogens is 388 g/mol. The smallest absolute Gasteiger partial charge is 0.270 e. The van der Waals surface area contributed by atoms with Gasteiger partial charge in [-0.1, -0.05) is 18.9 Å². The molecule has 0 aliphatic carbocycles. The molecule has 0 atom stereocenters. The Labute approximate surface area is 175 Å². The lowest BCUT2D eigenvalue weighted by molar-refractivity contribution is -0.127. The summed E-state index contributed by atoms with van der Waals surface area (Å²) in [6.45, 7) is 1.43. The molecule has 0 radical (unpaired) electrons. The van der Waals surface area contributed by atoms with Crippen LogP contribution < -0.4 is 14.8 Å². The zero-order valence-electron chi connectivity index (χ0n) is 16.8. The summed E-state index contributed by atoms with van der Waals surface area (Å²) in [6, 6.07) is 8.76. The van der Waals surface area contributed by atoms with E-state index in [1.165, 1.54) is 18.4 Å². The fourth-order valence-corrected chi connectivity index (χ4v) is 3.94. The molecule has 6 nitrogen and oxygen atoms in total. The maximum atomic E-state index is 13.2. The average molecular weight is 415 g/mol. The van der Waals surface area contributed by atoms with Gasteiger partial charge in [0.25, 0.3) is 11.8 Å². The normalized spacial score (nSPS) is 14.8. The average Bonchev–Trinajstić information content (AvgIpc) is 3.11. The van der Waals surface area contributed by atoms with Crippen LogP contribution in [0.1, 0.15) is 40.9 Å². The maximum absolute atomic E-state index is 13.2. The number of hydrogen-bond donors (Lipinski definition) is 1. The SMILES string of the molecule is COc1ccc(C(=O)N/C(=C/c2cccs2)C(=O)N2CCCCCC2)cc1OC. The number of carbonyl (C=O) groups is 2. The lowest BCUT2D eigenvalue weighted by Crippen LogP contribution is -2.38. The van der Waals surface area contributed by atoms with Crippen LogP contribution in [0.4, 0.5) is 0 Å². The molecule has 3 rings (SSSR count). The van der Waals surface area contributed by atoms with Gasteiger partial charge in [0, 0.05) is 23.5 Å². The first-order valence-corrected chi connectivity index (χ1v) is 10.6. The Morgan fingerprint density at radius 1 is 1.03 bits per heavy atom. The first-order chi connectivity index (χ1) is 14.1. The highest BCUT2D eigenvalue weighted by Crippen LogP contribution is 2.27. The second-order valence-electron chi connectivity index (χ2n) is 6.80. The van der Waals surface area contributed by atoms with Crippen molar-refractivity contribution in [2.45, 2.75) is 25.7 Å². The molecule has 0 saturated carbocycles. The van der Waals surface area contributed by atoms with Gasteiger partial charge in [-0.2, -0.15) is 0 Å². The van der Waals surface area contributed by atoms with Gasteiger partial charge in [-0.25, -0.2) is 0 Å². The minimum atomic E-state index is -0.364. The topological polar surface area (TPSA) is 67.9 Å². The quantitative estimate of drug-likeness (QED) is 0.727. The van der Waals surface area contributed by atoms with E-state index < -0.39 is 0 Å². The molecule has 1 aliphatic rings. The number of likely N-dealkylation sites (tertiary alicyclic amines) is 1. The number of carbonyl (C=O) groups excluding carboxylic acids is 2. The summed E-state index contributed by atoms with van der Waals surface area (Å²) in [7, 11) is 3.06. The van der Waals surface area contributed by atoms with Crippen LogP contribution in [0.5, 0.6) is 11.5 Å². The zero-order chi connectivity index (χ0) is 20.6. The van der Waals surface area contributed by atoms with Crippen LogP contribution in [0.15, 0.2) is 41.4 Å². The van der Waals surface area contributed by atoms with Gasteiger partial charge in [0.15, 0.2) is 11.5 Å². The first-order valence-electron chi connectivity index (χ1n) is 9.70. The molecule has 154 valence electrons. The van der Waals surface area contributed by atoms with E-state index >= 15 is 0 Å². The van der Waals surface area contributed by atoms with E-state index in [0.717, 1.165) is 30.6 Å². The van der Waals surface area contributed by atoms with Crippen LogP contribution in [-0.2, 0) is 4.79 Å². The van der Waals surface area contributed by atoms with E-state index in [4.69, 9.17) is 9.47 Å². The Morgan fingerprint density at radius 2 is 1.76 bits per heavy atom. The molecule has 2 heterocycles. The molecule has 29 heavy (non-hydrogen) atoms. The van der Waals surface area contributed by atoms with Gasteiger partial charge in [-0.15, -0.1) is 11.3 Å². The van der Waals surface area contributed by atoms with Gasteiger partial charge in [-0.05, 0) is 48.6 Å². The van der Waals surface area contributed by atoms with Crippen LogP contribution in [0, 0.1) is 0 Å². The molecule has 2 aromatic rings. The van der Waals surface area contributed by atoms with Crippen LogP contribution in [0.3, 0.4) is 0 Å². The predicted molar refractivity (Wildman–Crippen MR) is 114 cm³/mol. The highest BCUT2D eigenvalue weighted by molar-refractivity contribution is 7.10. The second-order valence-corrected chi connectivity index (χ2v) is 7.78. The number of ether oxygens (including phenoxy) is 2. The van der Waals surface area contributed by atoms with Crippen molar-refractivity contribution < 1.29 is 19.1 Å². The summed E-state index contributed by atoms with van der Waals surface area (Å²) < 4.78 is 10.5. The lowest BCUT2D eigenvalue weighted by Gasteiger charge is -2.22. The summed E-state index contributed by atoms with van der Waals surface area (Å²) in [5.74, 6) is 0.493. The number of rotatable bonds is 6. The maximum Gasteiger partial charge on any atom is 0.270 e. The molecule has 0 unspecified atom stereocenters. The Bertz CT molecular complexity index is 869. The highest BCUT2D eigenvalue weighted by Gasteiger charge is 2.22. The summed E-state index contributed by atoms with van der Waals surface area (Å²) in [5.41, 5.74) is 0.678. The summed E-state index contributed by atoms with van der Waals surface area (Å²) in [4.78, 5) is 28.8. The number of nitrogens with zero attached hydrogens (tertiary/aromatic N) is 1. The van der Waals surface area contributed by atoms with Crippen molar-refractivity contribution in [3.8, 4) is 11.5 Å². The summed E-state index contributed by atoms with van der Waals surface area (Å²) in [5, 5.41) is 4.76. The largest absolute Gasteiger partial charge is 0.493 e. The van der Waals surface area contributed by atoms with E-state index in [0.29, 0.717) is 30.2 Å². The number of thiophene rings is 1. The zero-order valence-corrected chi connectivity index (χ0v) is 17.6. The predicted octanol–water partition coefficient (Wildman–Crippen LogP) is 3.94. The highest BCUT2D eigenvalue weighted by atomic mass is 32.1. The van der Waals surface area contributed by atoms with Gasteiger partial charge >= 0.3 is 0 Å². The third-order valence-electron chi connectivity index (χ3n) is 4.85. The van der Waals surface area contributed by atoms with Crippen molar-refractivity contribution >= 4 is 29.2 Å². The van der Waals surface area contributed by atoms with Crippen molar-refractivity contribution in [3.63, 3.8) is 0 Å². The molecule has 1 N–H and O–H groups in total. The van der Waals surface area contributed by atoms with Crippen molar-refractivity contribution in [3.05, 3.63) is 51.8 Å². The van der Waals surface area contributed by atoms with Gasteiger partial charge in [-0.3, -0.25) is 9.59 Å². The van der Waals surface area contributed by atoms with Crippen molar-refractivity contribution in [2.24, 2.45) is 0 Å². The van der Waals surface area contributed by atoms with Crippen molar-refractivity contribution in [2.75, 3.05) is 27.3 Å². The molecule has 0 bridgehead atoms. The summed E-state index contributed by atoms with van der Waals surface area (Å²) in [6.07, 6.45) is 5.98. The molecular formula is C22H26N2O4S. The molecule has 1 aromatic heterocycles. The Morgan fingerprint density at radius 3 is 2.38 bits per heavy atom.